The van der Waals surface area contributed by atoms with Gasteiger partial charge >= 0.3 is 11.9 Å². The number of hydrogen-bond donors (Lipinski definition) is 3. The van der Waals surface area contributed by atoms with Crippen LogP contribution in [0.15, 0.2) is 0 Å². The molecule has 0 aliphatic rings. The van der Waals surface area contributed by atoms with Gasteiger partial charge in [-0.3, -0.25) is 4.79 Å². The molecule has 2 unspecified atom stereocenters. The lowest BCUT2D eigenvalue weighted by molar-refractivity contribution is -0.180. The van der Waals surface area contributed by atoms with Crippen LogP contribution in [0, 0.1) is 0 Å². The van der Waals surface area contributed by atoms with Gasteiger partial charge in [-0.05, 0) is 13.3 Å². The van der Waals surface area contributed by atoms with E-state index in [1.807, 2.05) is 0 Å². The summed E-state index contributed by atoms with van der Waals surface area (Å²) in [6.07, 6.45) is 13.2. The smallest absolute Gasteiger partial charge is 0.353 e. The number of unbranched alkanes of at least 4 members (excludes halogenated alkanes) is 12. The number of hydrogen-bond acceptors (Lipinski definition) is 7. The Morgan fingerprint density at radius 3 is 1.66 bits per heavy atom. The van der Waals surface area contributed by atoms with Gasteiger partial charge in [0.1, 0.15) is 0 Å². The number of ether oxygens (including phenoxy) is 1. The van der Waals surface area contributed by atoms with E-state index in [0.717, 1.165) is 26.2 Å². The van der Waals surface area contributed by atoms with E-state index in [4.69, 9.17) is 10.2 Å². The van der Waals surface area contributed by atoms with Gasteiger partial charge in [-0.15, -0.1) is 0 Å². The molecule has 0 aromatic heterocycles. The van der Waals surface area contributed by atoms with E-state index in [-0.39, 0.29) is 6.42 Å². The van der Waals surface area contributed by atoms with E-state index in [0.29, 0.717) is 6.42 Å². The first-order valence-electron chi connectivity index (χ1n) is 11.1. The molecule has 7 heteroatoms. The highest BCUT2D eigenvalue weighted by Gasteiger charge is 2.41. The van der Waals surface area contributed by atoms with E-state index >= 15 is 0 Å². The Morgan fingerprint density at radius 2 is 1.24 bits per heavy atom. The van der Waals surface area contributed by atoms with Gasteiger partial charge in [0.05, 0.1) is 6.61 Å². The number of aliphatic hydroxyl groups is 3. The second-order valence-corrected chi connectivity index (χ2v) is 7.89. The van der Waals surface area contributed by atoms with Gasteiger partial charge in [0.25, 0.3) is 0 Å². The number of esters is 2. The van der Waals surface area contributed by atoms with Crippen LogP contribution in [0.25, 0.3) is 0 Å². The van der Waals surface area contributed by atoms with Crippen molar-refractivity contribution in [2.24, 2.45) is 0 Å². The van der Waals surface area contributed by atoms with Gasteiger partial charge in [0, 0.05) is 6.42 Å². The van der Waals surface area contributed by atoms with Crippen LogP contribution in [0.2, 0.25) is 0 Å². The molecule has 0 fully saturated rings. The van der Waals surface area contributed by atoms with Gasteiger partial charge in [-0.2, -0.15) is 0 Å². The summed E-state index contributed by atoms with van der Waals surface area (Å²) in [5.41, 5.74) is -2.44. The SMILES string of the molecule is CCCCCCCCCCCCCCCC(=O)C(C)(O)C(=O)OC(=O)C(O)CO. The fraction of sp³-hybridized carbons (Fsp3) is 0.864. The van der Waals surface area contributed by atoms with Crippen LogP contribution in [0.3, 0.4) is 0 Å². The van der Waals surface area contributed by atoms with E-state index in [2.05, 4.69) is 11.7 Å². The van der Waals surface area contributed by atoms with Gasteiger partial charge in [0.15, 0.2) is 11.9 Å². The van der Waals surface area contributed by atoms with E-state index in [9.17, 15) is 19.5 Å². The molecule has 170 valence electrons. The summed E-state index contributed by atoms with van der Waals surface area (Å²) in [6, 6.07) is 0. The van der Waals surface area contributed by atoms with Crippen LogP contribution in [0.1, 0.15) is 104 Å². The minimum atomic E-state index is -2.44. The van der Waals surface area contributed by atoms with Crippen LogP contribution < -0.4 is 0 Å². The predicted octanol–water partition coefficient (Wildman–Crippen LogP) is 3.21. The fourth-order valence-electron chi connectivity index (χ4n) is 2.99. The summed E-state index contributed by atoms with van der Waals surface area (Å²) in [4.78, 5) is 35.1. The molecule has 0 rings (SSSR count). The fourth-order valence-corrected chi connectivity index (χ4v) is 2.99. The van der Waals surface area contributed by atoms with Gasteiger partial charge in [0.2, 0.25) is 5.60 Å². The second kappa shape index (κ2) is 16.5. The van der Waals surface area contributed by atoms with Crippen molar-refractivity contribution in [2.75, 3.05) is 6.61 Å². The molecule has 0 saturated heterocycles. The zero-order chi connectivity index (χ0) is 22.1. The highest BCUT2D eigenvalue weighted by molar-refractivity contribution is 6.09. The molecule has 0 radical (unpaired) electrons. The Kier molecular flexibility index (Phi) is 15.7. The average Bonchev–Trinajstić information content (AvgIpc) is 2.70. The molecular weight excluding hydrogens is 376 g/mol. The zero-order valence-electron chi connectivity index (χ0n) is 18.2. The Morgan fingerprint density at radius 1 is 0.828 bits per heavy atom. The Hall–Kier alpha value is -1.31. The average molecular weight is 417 g/mol. The van der Waals surface area contributed by atoms with Crippen LogP contribution in [0.4, 0.5) is 0 Å². The third-order valence-corrected chi connectivity index (χ3v) is 5.09. The summed E-state index contributed by atoms with van der Waals surface area (Å²) in [5, 5.41) is 27.7. The van der Waals surface area contributed by atoms with Crippen molar-refractivity contribution in [3.8, 4) is 0 Å². The number of aliphatic hydroxyl groups excluding tert-OH is 2. The lowest BCUT2D eigenvalue weighted by Crippen LogP contribution is -2.47. The third-order valence-electron chi connectivity index (χ3n) is 5.09. The van der Waals surface area contributed by atoms with Crippen molar-refractivity contribution < 1.29 is 34.4 Å². The second-order valence-electron chi connectivity index (χ2n) is 7.89. The summed E-state index contributed by atoms with van der Waals surface area (Å²) in [5.74, 6) is -3.56. The highest BCUT2D eigenvalue weighted by atomic mass is 16.6. The number of Topliss-reactive ketones (excluding diaryl/α,β-unsaturated/α-hetero) is 1. The van der Waals surface area contributed by atoms with Gasteiger partial charge < -0.3 is 20.1 Å². The molecule has 0 aromatic rings. The summed E-state index contributed by atoms with van der Waals surface area (Å²) in [7, 11) is 0. The number of rotatable bonds is 18. The van der Waals surface area contributed by atoms with Gasteiger partial charge in [-0.25, -0.2) is 9.59 Å². The molecule has 0 aromatic carbocycles. The molecule has 2 atom stereocenters. The van der Waals surface area contributed by atoms with Crippen molar-refractivity contribution in [3.63, 3.8) is 0 Å². The summed E-state index contributed by atoms with van der Waals surface area (Å²) in [6.45, 7) is 2.28. The lowest BCUT2D eigenvalue weighted by Gasteiger charge is -2.19. The lowest BCUT2D eigenvalue weighted by atomic mass is 9.96. The number of carbonyl (C=O) groups excluding carboxylic acids is 3. The standard InChI is InChI=1S/C22H40O7/c1-3-4-5-6-7-8-9-10-11-12-13-14-15-16-19(25)22(2,28)21(27)29-20(26)18(24)17-23/h18,23-24,28H,3-17H2,1-2H3. The molecule has 29 heavy (non-hydrogen) atoms. The molecule has 0 amide bonds. The highest BCUT2D eigenvalue weighted by Crippen LogP contribution is 2.16. The molecule has 0 bridgehead atoms. The maximum Gasteiger partial charge on any atom is 0.353 e. The third kappa shape index (κ3) is 12.8. The monoisotopic (exact) mass is 416 g/mol. The topological polar surface area (TPSA) is 121 Å². The first-order chi connectivity index (χ1) is 13.8. The Balaban J connectivity index is 3.79. The molecule has 3 N–H and O–H groups in total. The molecule has 0 aliphatic carbocycles. The Labute approximate surface area is 174 Å². The molecule has 0 saturated carbocycles. The van der Waals surface area contributed by atoms with Crippen molar-refractivity contribution >= 4 is 17.7 Å². The van der Waals surface area contributed by atoms with Crippen molar-refractivity contribution in [1.82, 2.24) is 0 Å². The van der Waals surface area contributed by atoms with E-state index in [1.165, 1.54) is 57.8 Å². The zero-order valence-corrected chi connectivity index (χ0v) is 18.2. The van der Waals surface area contributed by atoms with Crippen LogP contribution in [-0.4, -0.2) is 51.4 Å². The normalized spacial score (nSPS) is 14.2. The maximum absolute atomic E-state index is 12.1. The molecule has 7 nitrogen and oxygen atoms in total. The van der Waals surface area contributed by atoms with E-state index < -0.39 is 36.0 Å². The summed E-state index contributed by atoms with van der Waals surface area (Å²) < 4.78 is 4.25. The first kappa shape index (κ1) is 27.7. The van der Waals surface area contributed by atoms with Crippen LogP contribution in [-0.2, 0) is 19.1 Å². The molecular formula is C22H40O7. The van der Waals surface area contributed by atoms with Crippen LogP contribution in [0.5, 0.6) is 0 Å². The molecule has 0 spiro atoms. The quantitative estimate of drug-likeness (QED) is 0.178. The molecule has 0 heterocycles. The number of ketones is 1. The van der Waals surface area contributed by atoms with Crippen molar-refractivity contribution in [1.29, 1.82) is 0 Å². The van der Waals surface area contributed by atoms with Gasteiger partial charge in [-0.1, -0.05) is 84.0 Å². The van der Waals surface area contributed by atoms with Crippen molar-refractivity contribution in [2.45, 2.75) is 115 Å². The van der Waals surface area contributed by atoms with E-state index in [1.54, 1.807) is 0 Å². The molecule has 0 aliphatic heterocycles. The number of carbonyl (C=O) groups is 3. The minimum Gasteiger partial charge on any atom is -0.393 e. The van der Waals surface area contributed by atoms with Crippen molar-refractivity contribution in [3.05, 3.63) is 0 Å². The maximum atomic E-state index is 12.1. The predicted molar refractivity (Wildman–Crippen MR) is 110 cm³/mol. The first-order valence-corrected chi connectivity index (χ1v) is 11.1. The van der Waals surface area contributed by atoms with Crippen LogP contribution >= 0.6 is 0 Å². The Bertz CT molecular complexity index is 474. The summed E-state index contributed by atoms with van der Waals surface area (Å²) >= 11 is 0. The minimum absolute atomic E-state index is 0.0105. The largest absolute Gasteiger partial charge is 0.393 e.